The van der Waals surface area contributed by atoms with Crippen molar-refractivity contribution in [3.63, 3.8) is 0 Å². The fourth-order valence-corrected chi connectivity index (χ4v) is 4.27. The molecule has 1 aromatic carbocycles. The molecule has 1 aliphatic heterocycles. The molecule has 3 heterocycles. The zero-order valence-electron chi connectivity index (χ0n) is 13.9. The van der Waals surface area contributed by atoms with Crippen LogP contribution in [0.15, 0.2) is 30.3 Å². The maximum atomic E-state index is 11.0. The second-order valence-electron chi connectivity index (χ2n) is 5.97. The number of aliphatic hydroxyl groups is 2. The lowest BCUT2D eigenvalue weighted by Crippen LogP contribution is -2.12. The molecule has 4 rings (SSSR count). The van der Waals surface area contributed by atoms with E-state index in [1.54, 1.807) is 11.3 Å². The molecule has 0 aliphatic carbocycles. The molecule has 1 unspecified atom stereocenters. The Bertz CT molecular complexity index is 882. The Kier molecular flexibility index (Phi) is 4.58. The summed E-state index contributed by atoms with van der Waals surface area (Å²) in [6.07, 6.45) is -1.22. The van der Waals surface area contributed by atoms with Crippen LogP contribution in [-0.4, -0.2) is 39.6 Å². The van der Waals surface area contributed by atoms with Crippen LogP contribution in [0.2, 0.25) is 0 Å². The third kappa shape index (κ3) is 2.98. The molecule has 7 heteroatoms. The van der Waals surface area contributed by atoms with Gasteiger partial charge in [0.05, 0.1) is 35.7 Å². The summed E-state index contributed by atoms with van der Waals surface area (Å²) in [5.41, 5.74) is 2.51. The molecule has 132 valence electrons. The summed E-state index contributed by atoms with van der Waals surface area (Å²) < 4.78 is 13.0. The third-order valence-corrected chi connectivity index (χ3v) is 5.46. The topological polar surface area (TPSA) is 76.7 Å². The Morgan fingerprint density at radius 1 is 1.32 bits per heavy atom. The molecular formula is C18H20N2O4S. The highest BCUT2D eigenvalue weighted by Crippen LogP contribution is 2.37. The van der Waals surface area contributed by atoms with E-state index in [-0.39, 0.29) is 12.9 Å². The number of rotatable bonds is 5. The van der Waals surface area contributed by atoms with Crippen LogP contribution >= 0.6 is 11.3 Å². The fraction of sp³-hybridized carbons (Fsp3) is 0.389. The first kappa shape index (κ1) is 16.7. The molecule has 1 atom stereocenters. The van der Waals surface area contributed by atoms with E-state index < -0.39 is 6.10 Å². The minimum atomic E-state index is -0.870. The zero-order valence-corrected chi connectivity index (χ0v) is 14.7. The van der Waals surface area contributed by atoms with Crippen molar-refractivity contribution in [1.82, 2.24) is 9.55 Å². The second-order valence-corrected chi connectivity index (χ2v) is 7.26. The van der Waals surface area contributed by atoms with Crippen molar-refractivity contribution in [1.29, 1.82) is 0 Å². The van der Waals surface area contributed by atoms with Gasteiger partial charge in [-0.15, -0.1) is 11.3 Å². The molecule has 0 amide bonds. The van der Waals surface area contributed by atoms with Gasteiger partial charge in [0.1, 0.15) is 11.9 Å². The number of nitrogens with zero attached hydrogens (tertiary/aromatic N) is 2. The number of para-hydroxylation sites is 2. The molecule has 1 saturated heterocycles. The Balaban J connectivity index is 1.74. The number of aromatic nitrogens is 2. The van der Waals surface area contributed by atoms with E-state index in [0.29, 0.717) is 25.6 Å². The van der Waals surface area contributed by atoms with Crippen molar-refractivity contribution in [3.8, 4) is 0 Å². The maximum absolute atomic E-state index is 11.0. The summed E-state index contributed by atoms with van der Waals surface area (Å²) in [7, 11) is 0. The van der Waals surface area contributed by atoms with Crippen molar-refractivity contribution < 1.29 is 19.7 Å². The van der Waals surface area contributed by atoms with Crippen LogP contribution in [0.3, 0.4) is 0 Å². The summed E-state index contributed by atoms with van der Waals surface area (Å²) >= 11 is 1.56. The van der Waals surface area contributed by atoms with Crippen LogP contribution in [-0.2, 0) is 16.0 Å². The van der Waals surface area contributed by atoms with E-state index in [2.05, 4.69) is 4.98 Å². The number of aliphatic hydroxyl groups excluding tert-OH is 2. The number of fused-ring (bicyclic) bond motifs is 1. The summed E-state index contributed by atoms with van der Waals surface area (Å²) in [4.78, 5) is 6.56. The van der Waals surface area contributed by atoms with Crippen LogP contribution in [0, 0.1) is 6.92 Å². The summed E-state index contributed by atoms with van der Waals surface area (Å²) in [5, 5.41) is 20.4. The van der Waals surface area contributed by atoms with Crippen molar-refractivity contribution in [2.75, 3.05) is 19.8 Å². The van der Waals surface area contributed by atoms with E-state index in [1.807, 2.05) is 41.8 Å². The molecule has 6 nitrogen and oxygen atoms in total. The molecule has 0 spiro atoms. The highest BCUT2D eigenvalue weighted by molar-refractivity contribution is 7.12. The van der Waals surface area contributed by atoms with Gasteiger partial charge in [-0.25, -0.2) is 4.98 Å². The SMILES string of the molecule is Cc1sc(C2OCCO2)cc1C(O)c1nc2ccccc2n1CCO. The lowest BCUT2D eigenvalue weighted by atomic mass is 10.1. The Morgan fingerprint density at radius 3 is 2.84 bits per heavy atom. The molecule has 0 saturated carbocycles. The lowest BCUT2D eigenvalue weighted by molar-refractivity contribution is -0.0414. The third-order valence-electron chi connectivity index (χ3n) is 4.38. The van der Waals surface area contributed by atoms with Gasteiger partial charge in [-0.3, -0.25) is 0 Å². The number of hydrogen-bond donors (Lipinski definition) is 2. The minimum Gasteiger partial charge on any atom is -0.395 e. The smallest absolute Gasteiger partial charge is 0.193 e. The van der Waals surface area contributed by atoms with E-state index >= 15 is 0 Å². The number of benzene rings is 1. The highest BCUT2D eigenvalue weighted by Gasteiger charge is 2.26. The predicted octanol–water partition coefficient (Wildman–Crippen LogP) is 2.53. The van der Waals surface area contributed by atoms with Gasteiger partial charge in [-0.2, -0.15) is 0 Å². The van der Waals surface area contributed by atoms with Crippen LogP contribution < -0.4 is 0 Å². The number of hydrogen-bond acceptors (Lipinski definition) is 6. The molecule has 3 aromatic rings. The standard InChI is InChI=1S/C18H20N2O4S/c1-11-12(10-15(25-11)18-23-8-9-24-18)16(22)17-19-13-4-2-3-5-14(13)20(17)6-7-21/h2-5,10,16,18,21-22H,6-9H2,1H3. The van der Waals surface area contributed by atoms with Crippen molar-refractivity contribution in [2.24, 2.45) is 0 Å². The van der Waals surface area contributed by atoms with Crippen LogP contribution in [0.25, 0.3) is 11.0 Å². The molecule has 2 N–H and O–H groups in total. The number of imidazole rings is 1. The molecule has 0 radical (unpaired) electrons. The molecule has 1 fully saturated rings. The fourth-order valence-electron chi connectivity index (χ4n) is 3.21. The van der Waals surface area contributed by atoms with Gasteiger partial charge in [0, 0.05) is 17.0 Å². The van der Waals surface area contributed by atoms with Gasteiger partial charge < -0.3 is 24.3 Å². The average molecular weight is 360 g/mol. The quantitative estimate of drug-likeness (QED) is 0.731. The second kappa shape index (κ2) is 6.86. The van der Waals surface area contributed by atoms with Gasteiger partial charge in [0.2, 0.25) is 0 Å². The average Bonchev–Trinajstić information content (AvgIpc) is 3.33. The number of aryl methyl sites for hydroxylation is 1. The van der Waals surface area contributed by atoms with Gasteiger partial charge in [0.25, 0.3) is 0 Å². The first-order chi connectivity index (χ1) is 12.2. The van der Waals surface area contributed by atoms with E-state index in [1.165, 1.54) is 0 Å². The minimum absolute atomic E-state index is 0.0162. The van der Waals surface area contributed by atoms with Crippen LogP contribution in [0.1, 0.15) is 33.5 Å². The van der Waals surface area contributed by atoms with Gasteiger partial charge in [0.15, 0.2) is 6.29 Å². The Hall–Kier alpha value is -1.77. The first-order valence-corrected chi connectivity index (χ1v) is 9.08. The molecule has 2 aromatic heterocycles. The number of thiophene rings is 1. The van der Waals surface area contributed by atoms with Crippen molar-refractivity contribution in [2.45, 2.75) is 25.9 Å². The van der Waals surface area contributed by atoms with Crippen LogP contribution in [0.5, 0.6) is 0 Å². The first-order valence-electron chi connectivity index (χ1n) is 8.26. The van der Waals surface area contributed by atoms with Crippen molar-refractivity contribution >= 4 is 22.4 Å². The normalized spacial score (nSPS) is 16.8. The Morgan fingerprint density at radius 2 is 2.08 bits per heavy atom. The summed E-state index contributed by atoms with van der Waals surface area (Å²) in [6, 6.07) is 9.63. The summed E-state index contributed by atoms with van der Waals surface area (Å²) in [5.74, 6) is 0.538. The molecule has 25 heavy (non-hydrogen) atoms. The predicted molar refractivity (Wildman–Crippen MR) is 94.6 cm³/mol. The maximum Gasteiger partial charge on any atom is 0.193 e. The summed E-state index contributed by atoms with van der Waals surface area (Å²) in [6.45, 7) is 3.52. The largest absolute Gasteiger partial charge is 0.395 e. The van der Waals surface area contributed by atoms with Crippen molar-refractivity contribution in [3.05, 3.63) is 51.5 Å². The Labute approximate surface area is 149 Å². The molecular weight excluding hydrogens is 340 g/mol. The van der Waals surface area contributed by atoms with Gasteiger partial charge in [-0.1, -0.05) is 12.1 Å². The lowest BCUT2D eigenvalue weighted by Gasteiger charge is -2.13. The zero-order chi connectivity index (χ0) is 17.4. The number of ether oxygens (including phenoxy) is 2. The van der Waals surface area contributed by atoms with Gasteiger partial charge in [-0.05, 0) is 25.1 Å². The molecule has 1 aliphatic rings. The van der Waals surface area contributed by atoms with E-state index in [4.69, 9.17) is 9.47 Å². The van der Waals surface area contributed by atoms with Gasteiger partial charge >= 0.3 is 0 Å². The monoisotopic (exact) mass is 360 g/mol. The van der Waals surface area contributed by atoms with E-state index in [9.17, 15) is 10.2 Å². The molecule has 0 bridgehead atoms. The highest BCUT2D eigenvalue weighted by atomic mass is 32.1. The van der Waals surface area contributed by atoms with Crippen LogP contribution in [0.4, 0.5) is 0 Å². The van der Waals surface area contributed by atoms with E-state index in [0.717, 1.165) is 26.4 Å².